The molecule has 1 saturated heterocycles. The van der Waals surface area contributed by atoms with E-state index in [2.05, 4.69) is 15.3 Å². The average Bonchev–Trinajstić information content (AvgIpc) is 2.45. The quantitative estimate of drug-likeness (QED) is 0.912. The number of carbonyl (C=O) groups excluding carboxylic acids is 1. The van der Waals surface area contributed by atoms with Crippen molar-refractivity contribution >= 4 is 17.7 Å². The van der Waals surface area contributed by atoms with Crippen LogP contribution in [0, 0.1) is 5.82 Å². The van der Waals surface area contributed by atoms with Crippen LogP contribution in [0.5, 0.6) is 0 Å². The summed E-state index contributed by atoms with van der Waals surface area (Å²) < 4.78 is 14.1. The summed E-state index contributed by atoms with van der Waals surface area (Å²) in [6.07, 6.45) is 2.08. The number of anilines is 2. The Hall–Kier alpha value is -1.92. The van der Waals surface area contributed by atoms with Crippen LogP contribution in [0.1, 0.15) is 27.2 Å². The molecule has 116 valence electrons. The minimum absolute atomic E-state index is 0.0465. The predicted octanol–water partition coefficient (Wildman–Crippen LogP) is 1.49. The van der Waals surface area contributed by atoms with E-state index in [1.54, 1.807) is 30.7 Å². The third-order valence-electron chi connectivity index (χ3n) is 3.72. The highest BCUT2D eigenvalue weighted by molar-refractivity contribution is 5.90. The molecule has 1 amide bonds. The van der Waals surface area contributed by atoms with Gasteiger partial charge in [-0.15, -0.1) is 0 Å². The van der Waals surface area contributed by atoms with Crippen LogP contribution >= 0.6 is 0 Å². The van der Waals surface area contributed by atoms with Crippen molar-refractivity contribution in [1.29, 1.82) is 0 Å². The lowest BCUT2D eigenvalue weighted by Gasteiger charge is -2.45. The number of aromatic nitrogens is 2. The van der Waals surface area contributed by atoms with Crippen molar-refractivity contribution in [3.8, 4) is 0 Å². The minimum atomic E-state index is -0.829. The molecule has 0 saturated carbocycles. The van der Waals surface area contributed by atoms with Crippen molar-refractivity contribution in [2.45, 2.75) is 32.7 Å². The van der Waals surface area contributed by atoms with Crippen LogP contribution in [-0.2, 0) is 4.79 Å². The summed E-state index contributed by atoms with van der Waals surface area (Å²) in [4.78, 5) is 23.9. The van der Waals surface area contributed by atoms with E-state index in [0.29, 0.717) is 19.0 Å². The fourth-order valence-electron chi connectivity index (χ4n) is 2.45. The SMILES string of the molecule is CCCNc1ncc(F)c(N2CCN(C)C(=O)C2(C)C)n1. The lowest BCUT2D eigenvalue weighted by Crippen LogP contribution is -2.62. The maximum atomic E-state index is 14.1. The second-order valence-electron chi connectivity index (χ2n) is 5.73. The Bertz CT molecular complexity index is 534. The van der Waals surface area contributed by atoms with Gasteiger partial charge in [-0.2, -0.15) is 4.98 Å². The Labute approximate surface area is 124 Å². The van der Waals surface area contributed by atoms with Gasteiger partial charge in [0, 0.05) is 26.7 Å². The van der Waals surface area contributed by atoms with Crippen molar-refractivity contribution in [3.05, 3.63) is 12.0 Å². The first-order valence-corrected chi connectivity index (χ1v) is 7.17. The van der Waals surface area contributed by atoms with Gasteiger partial charge in [-0.05, 0) is 20.3 Å². The molecule has 0 unspecified atom stereocenters. The summed E-state index contributed by atoms with van der Waals surface area (Å²) in [7, 11) is 1.76. The van der Waals surface area contributed by atoms with Gasteiger partial charge in [-0.1, -0.05) is 6.92 Å². The maximum Gasteiger partial charge on any atom is 0.247 e. The first kappa shape index (κ1) is 15.5. The normalized spacial score (nSPS) is 18.0. The van der Waals surface area contributed by atoms with Gasteiger partial charge >= 0.3 is 0 Å². The van der Waals surface area contributed by atoms with Gasteiger partial charge < -0.3 is 15.1 Å². The molecule has 7 heteroatoms. The smallest absolute Gasteiger partial charge is 0.247 e. The van der Waals surface area contributed by atoms with E-state index in [9.17, 15) is 9.18 Å². The fourth-order valence-corrected chi connectivity index (χ4v) is 2.45. The molecule has 21 heavy (non-hydrogen) atoms. The number of nitrogens with one attached hydrogen (secondary N) is 1. The molecule has 0 bridgehead atoms. The highest BCUT2D eigenvalue weighted by atomic mass is 19.1. The first-order chi connectivity index (χ1) is 9.87. The van der Waals surface area contributed by atoms with Gasteiger partial charge in [0.25, 0.3) is 0 Å². The second-order valence-corrected chi connectivity index (χ2v) is 5.73. The molecular formula is C14H22FN5O. The van der Waals surface area contributed by atoms with E-state index in [1.165, 1.54) is 0 Å². The largest absolute Gasteiger partial charge is 0.354 e. The molecule has 2 rings (SSSR count). The summed E-state index contributed by atoms with van der Waals surface area (Å²) in [6.45, 7) is 7.40. The number of hydrogen-bond acceptors (Lipinski definition) is 5. The molecule has 0 spiro atoms. The van der Waals surface area contributed by atoms with Crippen LogP contribution in [0.2, 0.25) is 0 Å². The second kappa shape index (κ2) is 5.83. The third-order valence-corrected chi connectivity index (χ3v) is 3.72. The summed E-state index contributed by atoms with van der Waals surface area (Å²) in [5, 5.41) is 3.04. The monoisotopic (exact) mass is 295 g/mol. The maximum absolute atomic E-state index is 14.1. The Kier molecular flexibility index (Phi) is 4.29. The molecule has 0 aromatic carbocycles. The number of halogens is 1. The molecule has 1 aliphatic rings. The molecule has 1 fully saturated rings. The summed E-state index contributed by atoms with van der Waals surface area (Å²) in [5.74, 6) is 0.00258. The van der Waals surface area contributed by atoms with Crippen molar-refractivity contribution in [1.82, 2.24) is 14.9 Å². The summed E-state index contributed by atoms with van der Waals surface area (Å²) in [5.41, 5.74) is -0.829. The van der Waals surface area contributed by atoms with Crippen LogP contribution < -0.4 is 10.2 Å². The molecule has 2 heterocycles. The van der Waals surface area contributed by atoms with Gasteiger partial charge in [0.1, 0.15) is 5.54 Å². The van der Waals surface area contributed by atoms with Crippen LogP contribution in [0.15, 0.2) is 6.20 Å². The summed E-state index contributed by atoms with van der Waals surface area (Å²) >= 11 is 0. The van der Waals surface area contributed by atoms with Gasteiger partial charge in [-0.3, -0.25) is 4.79 Å². The van der Waals surface area contributed by atoms with E-state index in [1.807, 2.05) is 6.92 Å². The molecule has 1 aromatic heterocycles. The zero-order valence-corrected chi connectivity index (χ0v) is 13.0. The van der Waals surface area contributed by atoms with Crippen LogP contribution in [-0.4, -0.2) is 53.0 Å². The topological polar surface area (TPSA) is 61.4 Å². The number of rotatable bonds is 4. The zero-order chi connectivity index (χ0) is 15.6. The average molecular weight is 295 g/mol. The highest BCUT2D eigenvalue weighted by Gasteiger charge is 2.42. The number of carbonyl (C=O) groups is 1. The van der Waals surface area contributed by atoms with Crippen molar-refractivity contribution in [3.63, 3.8) is 0 Å². The van der Waals surface area contributed by atoms with E-state index < -0.39 is 11.4 Å². The molecule has 6 nitrogen and oxygen atoms in total. The fraction of sp³-hybridized carbons (Fsp3) is 0.643. The third kappa shape index (κ3) is 2.91. The van der Waals surface area contributed by atoms with Crippen LogP contribution in [0.3, 0.4) is 0 Å². The molecule has 1 aliphatic heterocycles. The van der Waals surface area contributed by atoms with Crippen molar-refractivity contribution in [2.75, 3.05) is 36.9 Å². The number of nitrogens with zero attached hydrogens (tertiary/aromatic N) is 4. The predicted molar refractivity (Wildman–Crippen MR) is 79.8 cm³/mol. The van der Waals surface area contributed by atoms with E-state index in [0.717, 1.165) is 19.2 Å². The summed E-state index contributed by atoms with van der Waals surface area (Å²) in [6, 6.07) is 0. The molecule has 0 aliphatic carbocycles. The van der Waals surface area contributed by atoms with Gasteiger partial charge in [0.2, 0.25) is 11.9 Å². The lowest BCUT2D eigenvalue weighted by atomic mass is 9.98. The van der Waals surface area contributed by atoms with Crippen molar-refractivity contribution in [2.24, 2.45) is 0 Å². The lowest BCUT2D eigenvalue weighted by molar-refractivity contribution is -0.136. The van der Waals surface area contributed by atoms with E-state index in [4.69, 9.17) is 0 Å². The Balaban J connectivity index is 2.34. The van der Waals surface area contributed by atoms with Gasteiger partial charge in [0.05, 0.1) is 6.20 Å². The Morgan fingerprint density at radius 1 is 1.43 bits per heavy atom. The molecular weight excluding hydrogens is 273 g/mol. The molecule has 0 radical (unpaired) electrons. The van der Waals surface area contributed by atoms with Gasteiger partial charge in [-0.25, -0.2) is 9.37 Å². The molecule has 1 aromatic rings. The Morgan fingerprint density at radius 2 is 2.14 bits per heavy atom. The number of hydrogen-bond donors (Lipinski definition) is 1. The minimum Gasteiger partial charge on any atom is -0.354 e. The number of piperazine rings is 1. The molecule has 0 atom stereocenters. The number of amides is 1. The standard InChI is InChI=1S/C14H22FN5O/c1-5-6-16-13-17-9-10(15)11(18-13)20-8-7-19(4)12(21)14(20,2)3/h9H,5-8H2,1-4H3,(H,16,17,18). The Morgan fingerprint density at radius 3 is 2.81 bits per heavy atom. The van der Waals surface area contributed by atoms with E-state index in [-0.39, 0.29) is 11.7 Å². The zero-order valence-electron chi connectivity index (χ0n) is 13.0. The van der Waals surface area contributed by atoms with Crippen LogP contribution in [0.4, 0.5) is 16.2 Å². The van der Waals surface area contributed by atoms with Gasteiger partial charge in [0.15, 0.2) is 11.6 Å². The first-order valence-electron chi connectivity index (χ1n) is 7.17. The van der Waals surface area contributed by atoms with E-state index >= 15 is 0 Å². The van der Waals surface area contributed by atoms with Crippen molar-refractivity contribution < 1.29 is 9.18 Å². The number of likely N-dealkylation sites (N-methyl/N-ethyl adjacent to an activating group) is 1. The van der Waals surface area contributed by atoms with Crippen LogP contribution in [0.25, 0.3) is 0 Å². The highest BCUT2D eigenvalue weighted by Crippen LogP contribution is 2.29. The molecule has 1 N–H and O–H groups in total.